The maximum atomic E-state index is 5.28. The van der Waals surface area contributed by atoms with Crippen molar-refractivity contribution in [1.82, 2.24) is 0 Å². The number of hydrogen-bond acceptors (Lipinski definition) is 0. The van der Waals surface area contributed by atoms with Crippen molar-refractivity contribution in [2.45, 2.75) is 4.46 Å². The van der Waals surface area contributed by atoms with Crippen LogP contribution in [0.15, 0.2) is 0 Å². The van der Waals surface area contributed by atoms with E-state index < -0.39 is 0 Å². The van der Waals surface area contributed by atoms with Crippen molar-refractivity contribution in [3.05, 3.63) is 0 Å². The molecule has 34 valence electrons. The molecule has 0 amide bonds. The van der Waals surface area contributed by atoms with E-state index in [0.29, 0.717) is 17.4 Å². The zero-order valence-corrected chi connectivity index (χ0v) is 6.98. The second-order valence-corrected chi connectivity index (χ2v) is 6.56. The van der Waals surface area contributed by atoms with Crippen molar-refractivity contribution in [1.29, 1.82) is 0 Å². The first kappa shape index (κ1) is 7.30. The zero-order valence-electron chi connectivity index (χ0n) is 2.71. The van der Waals surface area contributed by atoms with Gasteiger partial charge in [-0.15, -0.1) is 23.2 Å². The van der Waals surface area contributed by atoms with Crippen LogP contribution in [0.25, 0.3) is 0 Å². The molecule has 0 atom stereocenters. The summed E-state index contributed by atoms with van der Waals surface area (Å²) in [4.78, 5) is 0. The summed E-state index contributed by atoms with van der Waals surface area (Å²) in [6.07, 6.45) is 0. The average molecular weight is 176 g/mol. The molecule has 0 aromatic rings. The maximum Gasteiger partial charge on any atom is 0.155 e. The molecule has 5 heteroatoms. The fourth-order valence-electron chi connectivity index (χ4n) is 0.0412. The van der Waals surface area contributed by atoms with Crippen molar-refractivity contribution in [2.75, 3.05) is 0 Å². The molecule has 0 aliphatic heterocycles. The van der Waals surface area contributed by atoms with E-state index in [1.165, 1.54) is 0 Å². The Morgan fingerprint density at radius 3 is 1.83 bits per heavy atom. The van der Waals surface area contributed by atoms with E-state index in [4.69, 9.17) is 34.3 Å². The summed E-state index contributed by atoms with van der Waals surface area (Å²) in [6.45, 7) is 0. The summed E-state index contributed by atoms with van der Waals surface area (Å²) >= 11 is 15.8. The minimum absolute atomic E-state index is 0.249. The summed E-state index contributed by atoms with van der Waals surface area (Å²) in [5.74, 6) is 0. The van der Waals surface area contributed by atoms with Gasteiger partial charge in [0.05, 0.1) is 13.5 Å². The second kappa shape index (κ2) is 4.46. The fraction of sp³-hybridized carbons (Fsp3) is 1.00. The van der Waals surface area contributed by atoms with Crippen LogP contribution >= 0.6 is 34.3 Å². The highest BCUT2D eigenvalue weighted by molar-refractivity contribution is 7.28. The normalized spacial score (nSPS) is 10.0. The number of halogens is 3. The van der Waals surface area contributed by atoms with Crippen LogP contribution in [-0.2, 0) is 0 Å². The first-order valence-electron chi connectivity index (χ1n) is 1.16. The van der Waals surface area contributed by atoms with Crippen molar-refractivity contribution in [2.24, 2.45) is 0 Å². The van der Waals surface area contributed by atoms with Crippen molar-refractivity contribution in [3.63, 3.8) is 0 Å². The largest absolute Gasteiger partial charge is 0.176 e. The van der Waals surface area contributed by atoms with Gasteiger partial charge in [-0.1, -0.05) is 0 Å². The monoisotopic (exact) mass is 174 g/mol. The van der Waals surface area contributed by atoms with Crippen LogP contribution in [-0.4, -0.2) is 21.8 Å². The van der Waals surface area contributed by atoms with E-state index in [9.17, 15) is 0 Å². The Bertz CT molecular complexity index is 30.0. The molecule has 0 heterocycles. The molecular weight excluding hydrogens is 175 g/mol. The van der Waals surface area contributed by atoms with Crippen LogP contribution in [0.5, 0.6) is 0 Å². The van der Waals surface area contributed by atoms with Gasteiger partial charge in [-0.25, -0.2) is 0 Å². The van der Waals surface area contributed by atoms with E-state index in [1.807, 2.05) is 0 Å². The Kier molecular flexibility index (Phi) is 5.43. The summed E-state index contributed by atoms with van der Waals surface area (Å²) in [5.41, 5.74) is 0. The van der Waals surface area contributed by atoms with Gasteiger partial charge in [0.1, 0.15) is 0 Å². The van der Waals surface area contributed by atoms with Gasteiger partial charge in [0, 0.05) is 0 Å². The molecule has 0 N–H and O–H groups in total. The Morgan fingerprint density at radius 1 is 1.33 bits per heavy atom. The number of hydrogen-bond donors (Lipinski definition) is 0. The lowest BCUT2D eigenvalue weighted by atomic mass is 11.9. The predicted molar refractivity (Wildman–Crippen MR) is 32.9 cm³/mol. The maximum absolute atomic E-state index is 5.28. The molecule has 0 spiro atoms. The van der Waals surface area contributed by atoms with Gasteiger partial charge in [-0.2, -0.15) is 11.1 Å². The molecule has 0 aromatic carbocycles. The molecule has 0 nitrogen and oxygen atoms in total. The minimum Gasteiger partial charge on any atom is -0.176 e. The number of alkyl halides is 2. The summed E-state index contributed by atoms with van der Waals surface area (Å²) < 4.78 is -0.249. The molecule has 0 aromatic heterocycles. The average Bonchev–Trinajstić information content (AvgIpc) is 1.35. The molecule has 0 aliphatic rings. The van der Waals surface area contributed by atoms with E-state index >= 15 is 0 Å². The van der Waals surface area contributed by atoms with Gasteiger partial charge in [-0.05, 0) is 0 Å². The molecule has 0 unspecified atom stereocenters. The van der Waals surface area contributed by atoms with Crippen LogP contribution in [0.3, 0.4) is 0 Å². The Hall–Kier alpha value is 1.30. The lowest BCUT2D eigenvalue weighted by Gasteiger charge is -1.86. The van der Waals surface area contributed by atoms with Gasteiger partial charge in [0.15, 0.2) is 8.35 Å². The Balaban J connectivity index is 2.63. The molecule has 0 bridgehead atoms. The quantitative estimate of drug-likeness (QED) is 0.336. The van der Waals surface area contributed by atoms with Crippen LogP contribution in [0.2, 0.25) is 0 Å². The Morgan fingerprint density at radius 2 is 1.83 bits per heavy atom. The standard InChI is InChI=1S/CHCl3Si2/c2-1(3)5-6-4/h1H. The molecule has 4 radical (unpaired) electrons. The third kappa shape index (κ3) is 5.30. The molecule has 0 saturated carbocycles. The summed E-state index contributed by atoms with van der Waals surface area (Å²) in [7, 11) is 0.870. The molecular formula is CHCl3Si2. The van der Waals surface area contributed by atoms with Crippen LogP contribution in [0, 0.1) is 0 Å². The zero-order chi connectivity index (χ0) is 4.99. The lowest BCUT2D eigenvalue weighted by Crippen LogP contribution is -2.05. The minimum atomic E-state index is -0.249. The topological polar surface area (TPSA) is 0 Å². The second-order valence-electron chi connectivity index (χ2n) is 0.540. The highest BCUT2D eigenvalue weighted by Crippen LogP contribution is 1.96. The van der Waals surface area contributed by atoms with Gasteiger partial charge >= 0.3 is 0 Å². The first-order valence-corrected chi connectivity index (χ1v) is 6.13. The number of rotatable bonds is 2. The lowest BCUT2D eigenvalue weighted by molar-refractivity contribution is 1.94. The third-order valence-electron chi connectivity index (χ3n) is 0.164. The van der Waals surface area contributed by atoms with Crippen molar-refractivity contribution >= 4 is 51.7 Å². The molecule has 0 fully saturated rings. The van der Waals surface area contributed by atoms with Crippen molar-refractivity contribution in [3.8, 4) is 0 Å². The molecule has 6 heavy (non-hydrogen) atoms. The van der Waals surface area contributed by atoms with Gasteiger partial charge in [0.25, 0.3) is 0 Å². The molecule has 0 saturated heterocycles. The summed E-state index contributed by atoms with van der Waals surface area (Å²) in [5, 5.41) is 0. The first-order chi connectivity index (χ1) is 2.77. The van der Waals surface area contributed by atoms with Crippen LogP contribution in [0.1, 0.15) is 0 Å². The highest BCUT2D eigenvalue weighted by atomic mass is 35.6. The van der Waals surface area contributed by atoms with E-state index in [-0.39, 0.29) is 4.46 Å². The smallest absolute Gasteiger partial charge is 0.155 e. The molecule has 0 aliphatic carbocycles. The van der Waals surface area contributed by atoms with E-state index in [0.717, 1.165) is 0 Å². The van der Waals surface area contributed by atoms with E-state index in [1.54, 1.807) is 0 Å². The van der Waals surface area contributed by atoms with E-state index in [2.05, 4.69) is 0 Å². The summed E-state index contributed by atoms with van der Waals surface area (Å²) in [6, 6.07) is 0. The van der Waals surface area contributed by atoms with Crippen molar-refractivity contribution < 1.29 is 0 Å². The van der Waals surface area contributed by atoms with Crippen LogP contribution in [0.4, 0.5) is 0 Å². The van der Waals surface area contributed by atoms with Gasteiger partial charge in [-0.3, -0.25) is 0 Å². The fourth-order valence-corrected chi connectivity index (χ4v) is 3.34. The SMILES string of the molecule is Cl[Si][Si]C(Cl)Cl. The predicted octanol–water partition coefficient (Wildman–Crippen LogP) is 1.22. The van der Waals surface area contributed by atoms with Gasteiger partial charge in [0.2, 0.25) is 0 Å². The van der Waals surface area contributed by atoms with Gasteiger partial charge < -0.3 is 0 Å². The highest BCUT2D eigenvalue weighted by Gasteiger charge is 1.96. The third-order valence-corrected chi connectivity index (χ3v) is 4.42. The molecule has 0 rings (SSSR count). The van der Waals surface area contributed by atoms with Crippen LogP contribution < -0.4 is 0 Å². The Labute approximate surface area is 56.3 Å².